The van der Waals surface area contributed by atoms with Crippen LogP contribution in [0.25, 0.3) is 0 Å². The van der Waals surface area contributed by atoms with Crippen molar-refractivity contribution in [3.05, 3.63) is 136 Å². The van der Waals surface area contributed by atoms with Gasteiger partial charge in [-0.1, -0.05) is 217 Å². The average molecular weight is 929 g/mol. The molecule has 4 rings (SSSR count). The molecule has 0 bridgehead atoms. The van der Waals surface area contributed by atoms with Gasteiger partial charge in [-0.3, -0.25) is 0 Å². The second kappa shape index (κ2) is 16.9. The molecular weight excluding hydrogens is 887 g/mol. The molecule has 4 aromatic rings. The van der Waals surface area contributed by atoms with Gasteiger partial charge in [0.15, 0.2) is 0 Å². The Morgan fingerprint density at radius 1 is 0.412 bits per heavy atom. The Kier molecular flexibility index (Phi) is 13.8. The summed E-state index contributed by atoms with van der Waals surface area (Å²) in [6.07, 6.45) is 0. The Morgan fingerprint density at radius 3 is 0.843 bits per heavy atom. The van der Waals surface area contributed by atoms with Crippen molar-refractivity contribution in [3.63, 3.8) is 0 Å². The molecule has 0 nitrogen and oxygen atoms in total. The molecule has 0 heterocycles. The zero-order valence-electron chi connectivity index (χ0n) is 30.6. The Morgan fingerprint density at radius 2 is 0.647 bits per heavy atom. The van der Waals surface area contributed by atoms with E-state index in [1.807, 2.05) is 0 Å². The van der Waals surface area contributed by atoms with E-state index in [1.54, 1.807) is 0 Å². The van der Waals surface area contributed by atoms with Gasteiger partial charge in [-0.05, 0) is 67.8 Å². The fourth-order valence-electron chi connectivity index (χ4n) is 5.26. The Balaban J connectivity index is 1.96. The first kappa shape index (κ1) is 41.6. The summed E-state index contributed by atoms with van der Waals surface area (Å²) in [5.41, 5.74) is 10.9. The van der Waals surface area contributed by atoms with Gasteiger partial charge in [0.1, 0.15) is 0 Å². The number of hydrogen-bond donors (Lipinski definition) is 0. The first-order valence-corrected chi connectivity index (χ1v) is 21.1. The summed E-state index contributed by atoms with van der Waals surface area (Å²) in [7, 11) is 0. The van der Waals surface area contributed by atoms with Gasteiger partial charge in [0, 0.05) is 32.7 Å². The van der Waals surface area contributed by atoms with Gasteiger partial charge in [-0.15, -0.1) is 0 Å². The van der Waals surface area contributed by atoms with Gasteiger partial charge in [0.05, 0.1) is 31.8 Å². The molecule has 0 aliphatic heterocycles. The molecule has 0 radical (unpaired) electrons. The minimum atomic E-state index is 0.0102. The van der Waals surface area contributed by atoms with Crippen LogP contribution in [-0.2, 0) is 32.2 Å². The molecule has 0 unspecified atom stereocenters. The molecule has 0 saturated carbocycles. The molecule has 0 amide bonds. The van der Waals surface area contributed by atoms with Crippen LogP contribution in [0.4, 0.5) is 0 Å². The van der Waals surface area contributed by atoms with Crippen LogP contribution in [-0.4, -0.2) is 0 Å². The largest absolute Gasteiger partial charge is 0.0876 e. The van der Waals surface area contributed by atoms with Gasteiger partial charge in [-0.2, -0.15) is 0 Å². The maximum absolute atomic E-state index is 7.12. The molecule has 4 aromatic carbocycles. The number of rotatable bonds is 3. The lowest BCUT2D eigenvalue weighted by atomic mass is 9.85. The van der Waals surface area contributed by atoms with Crippen molar-refractivity contribution < 1.29 is 0 Å². The van der Waals surface area contributed by atoms with E-state index < -0.39 is 0 Å². The summed E-state index contributed by atoms with van der Waals surface area (Å²) in [4.78, 5) is 0. The summed E-state index contributed by atoms with van der Waals surface area (Å²) in [5, 5.41) is 2.86. The highest BCUT2D eigenvalue weighted by molar-refractivity contribution is 9.09. The Labute approximate surface area is 346 Å². The van der Waals surface area contributed by atoms with Crippen LogP contribution in [0, 0.1) is 35.5 Å². The molecule has 0 aliphatic carbocycles. The van der Waals surface area contributed by atoms with Crippen molar-refractivity contribution in [2.75, 3.05) is 0 Å². The van der Waals surface area contributed by atoms with E-state index >= 15 is 0 Å². The van der Waals surface area contributed by atoms with Crippen molar-refractivity contribution in [1.29, 1.82) is 0 Å². The standard InChI is InChI=1S/C45H42Br3Cl3/c1-43(2,3)34-16-10-28(31(22-34)25-46)13-19-37-40(49)38(20-14-29-11-17-35(44(4,5)6)23-32(29)26-47)42(51)39(41(37)50)21-15-30-12-18-36(45(7,8)9)24-33(30)27-48/h10-12,16-18,22-24H,25-27H2,1-9H3. The summed E-state index contributed by atoms with van der Waals surface area (Å²) >= 11 is 32.3. The third-order valence-electron chi connectivity index (χ3n) is 8.63. The molecule has 0 saturated heterocycles. The first-order valence-electron chi connectivity index (χ1n) is 16.6. The van der Waals surface area contributed by atoms with Gasteiger partial charge in [-0.25, -0.2) is 0 Å². The lowest BCUT2D eigenvalue weighted by Crippen LogP contribution is -2.11. The topological polar surface area (TPSA) is 0 Å². The van der Waals surface area contributed by atoms with E-state index in [-0.39, 0.29) is 16.2 Å². The van der Waals surface area contributed by atoms with Crippen LogP contribution in [0.15, 0.2) is 54.6 Å². The van der Waals surface area contributed by atoms with E-state index in [0.29, 0.717) is 47.7 Å². The number of halogens is 6. The molecule has 0 aliphatic rings. The highest BCUT2D eigenvalue weighted by Crippen LogP contribution is 2.38. The van der Waals surface area contributed by atoms with Crippen LogP contribution >= 0.6 is 82.6 Å². The van der Waals surface area contributed by atoms with Gasteiger partial charge < -0.3 is 0 Å². The summed E-state index contributed by atoms with van der Waals surface area (Å²) in [6.45, 7) is 19.8. The smallest absolute Gasteiger partial charge is 0.0750 e. The summed E-state index contributed by atoms with van der Waals surface area (Å²) < 4.78 is 0. The van der Waals surface area contributed by atoms with Crippen LogP contribution in [0.3, 0.4) is 0 Å². The minimum absolute atomic E-state index is 0.0102. The fraction of sp³-hybridized carbons (Fsp3) is 0.333. The third-order valence-corrected chi connectivity index (χ3v) is 11.6. The molecule has 0 aromatic heterocycles. The van der Waals surface area contributed by atoms with Gasteiger partial charge in [0.25, 0.3) is 0 Å². The SMILES string of the molecule is CC(C)(C)c1ccc(C#Cc2c(Cl)c(C#Cc3ccc(C(C)(C)C)cc3CBr)c(Cl)c(C#Cc3ccc(C(C)(C)C)cc3CBr)c2Cl)c(CBr)c1. The maximum atomic E-state index is 7.12. The van der Waals surface area contributed by atoms with Crippen molar-refractivity contribution in [3.8, 4) is 35.5 Å². The molecule has 0 fully saturated rings. The third kappa shape index (κ3) is 10.1. The van der Waals surface area contributed by atoms with Crippen LogP contribution in [0.2, 0.25) is 15.1 Å². The zero-order valence-corrected chi connectivity index (χ0v) is 37.6. The molecule has 51 heavy (non-hydrogen) atoms. The lowest BCUT2D eigenvalue weighted by Gasteiger charge is -2.20. The normalized spacial score (nSPS) is 11.6. The molecule has 6 heteroatoms. The van der Waals surface area contributed by atoms with E-state index in [2.05, 4.69) is 200 Å². The fourth-order valence-corrected chi connectivity index (χ4v) is 7.65. The predicted octanol–water partition coefficient (Wildman–Crippen LogP) is 14.4. The highest BCUT2D eigenvalue weighted by Gasteiger charge is 2.21. The number of hydrogen-bond acceptors (Lipinski definition) is 0. The average Bonchev–Trinajstić information content (AvgIpc) is 3.06. The van der Waals surface area contributed by atoms with Crippen molar-refractivity contribution in [2.24, 2.45) is 0 Å². The molecule has 0 N–H and O–H groups in total. The molecule has 0 spiro atoms. The lowest BCUT2D eigenvalue weighted by molar-refractivity contribution is 0.589. The van der Waals surface area contributed by atoms with E-state index in [1.165, 1.54) is 16.7 Å². The zero-order chi connectivity index (χ0) is 37.9. The van der Waals surface area contributed by atoms with Crippen molar-refractivity contribution in [1.82, 2.24) is 0 Å². The van der Waals surface area contributed by atoms with E-state index in [0.717, 1.165) is 33.4 Å². The van der Waals surface area contributed by atoms with Gasteiger partial charge in [0.2, 0.25) is 0 Å². The molecular formula is C45H42Br3Cl3. The van der Waals surface area contributed by atoms with Crippen LogP contribution in [0.5, 0.6) is 0 Å². The first-order chi connectivity index (χ1) is 23.8. The maximum Gasteiger partial charge on any atom is 0.0750 e. The second-order valence-corrected chi connectivity index (χ2v) is 18.4. The molecule has 0 atom stereocenters. The van der Waals surface area contributed by atoms with Crippen molar-refractivity contribution >= 4 is 82.6 Å². The monoisotopic (exact) mass is 924 g/mol. The van der Waals surface area contributed by atoms with E-state index in [4.69, 9.17) is 34.8 Å². The second-order valence-electron chi connectivity index (χ2n) is 15.6. The molecule has 264 valence electrons. The van der Waals surface area contributed by atoms with Gasteiger partial charge >= 0.3 is 0 Å². The quantitative estimate of drug-likeness (QED) is 0.142. The Bertz CT molecular complexity index is 1890. The number of benzene rings is 4. The number of alkyl halides is 3. The van der Waals surface area contributed by atoms with Crippen LogP contribution in [0.1, 0.15) is 129 Å². The predicted molar refractivity (Wildman–Crippen MR) is 233 cm³/mol. The highest BCUT2D eigenvalue weighted by atomic mass is 79.9. The Hall–Kier alpha value is -2.13. The van der Waals surface area contributed by atoms with Crippen molar-refractivity contribution in [2.45, 2.75) is 94.5 Å². The summed E-state index contributed by atoms with van der Waals surface area (Å²) in [6, 6.07) is 19.1. The van der Waals surface area contributed by atoms with E-state index in [9.17, 15) is 0 Å². The van der Waals surface area contributed by atoms with Crippen LogP contribution < -0.4 is 0 Å². The minimum Gasteiger partial charge on any atom is -0.0876 e. The summed E-state index contributed by atoms with van der Waals surface area (Å²) in [5.74, 6) is 19.9.